The van der Waals surface area contributed by atoms with E-state index >= 15 is 0 Å². The van der Waals surface area contributed by atoms with Crippen LogP contribution < -0.4 is 19.9 Å². The van der Waals surface area contributed by atoms with E-state index in [4.69, 9.17) is 4.74 Å². The first-order chi connectivity index (χ1) is 11.7. The number of carbonyl (C=O) groups excluding carboxylic acids is 1. The topological polar surface area (TPSA) is 46.0 Å². The third-order valence-electron chi connectivity index (χ3n) is 4.34. The first-order valence-corrected chi connectivity index (χ1v) is 9.14. The molecule has 1 aliphatic rings. The van der Waals surface area contributed by atoms with E-state index in [0.29, 0.717) is 13.1 Å². The molecule has 1 saturated heterocycles. The highest BCUT2D eigenvalue weighted by Gasteiger charge is 2.22. The predicted molar refractivity (Wildman–Crippen MR) is 96.9 cm³/mol. The van der Waals surface area contributed by atoms with Crippen LogP contribution in [0.5, 0.6) is 5.75 Å². The quantitative estimate of drug-likeness (QED) is 0.813. The lowest BCUT2D eigenvalue weighted by Crippen LogP contribution is -3.15. The highest BCUT2D eigenvalue weighted by atomic mass is 32.1. The Balaban J connectivity index is 1.43. The number of benzene rings is 1. The van der Waals surface area contributed by atoms with E-state index in [-0.39, 0.29) is 5.91 Å². The molecular weight excluding hydrogens is 322 g/mol. The number of carbonyl (C=O) groups is 1. The molecule has 0 bridgehead atoms. The molecule has 5 nitrogen and oxygen atoms in total. The zero-order valence-corrected chi connectivity index (χ0v) is 14.8. The summed E-state index contributed by atoms with van der Waals surface area (Å²) >= 11 is 1.67. The second-order valence-electron chi connectivity index (χ2n) is 5.97. The van der Waals surface area contributed by atoms with E-state index in [1.807, 2.05) is 29.6 Å². The van der Waals surface area contributed by atoms with Gasteiger partial charge in [-0.2, -0.15) is 0 Å². The largest absolute Gasteiger partial charge is 0.497 e. The molecule has 1 aromatic heterocycles. The van der Waals surface area contributed by atoms with E-state index in [1.165, 1.54) is 15.5 Å². The Hall–Kier alpha value is -2.05. The van der Waals surface area contributed by atoms with Crippen molar-refractivity contribution in [2.75, 3.05) is 44.7 Å². The molecule has 2 heterocycles. The summed E-state index contributed by atoms with van der Waals surface area (Å²) in [5.74, 6) is 1.02. The summed E-state index contributed by atoms with van der Waals surface area (Å²) < 4.78 is 5.29. The van der Waals surface area contributed by atoms with Crippen molar-refractivity contribution in [1.29, 1.82) is 0 Å². The molecule has 0 saturated carbocycles. The molecule has 1 aliphatic heterocycles. The zero-order chi connectivity index (χ0) is 16.8. The van der Waals surface area contributed by atoms with E-state index in [9.17, 15) is 4.79 Å². The molecule has 24 heavy (non-hydrogen) atoms. The van der Waals surface area contributed by atoms with Crippen molar-refractivity contribution in [3.05, 3.63) is 46.7 Å². The summed E-state index contributed by atoms with van der Waals surface area (Å²) in [4.78, 5) is 17.0. The van der Waals surface area contributed by atoms with Crippen molar-refractivity contribution >= 4 is 22.9 Å². The van der Waals surface area contributed by atoms with Gasteiger partial charge in [-0.25, -0.2) is 0 Å². The smallest absolute Gasteiger partial charge is 0.275 e. The molecule has 0 spiro atoms. The summed E-state index contributed by atoms with van der Waals surface area (Å²) in [5.41, 5.74) is 1.19. The summed E-state index contributed by atoms with van der Waals surface area (Å²) in [6, 6.07) is 12.2. The first kappa shape index (κ1) is 16.8. The van der Waals surface area contributed by atoms with Crippen LogP contribution in [0.1, 0.15) is 4.88 Å². The lowest BCUT2D eigenvalue weighted by atomic mass is 10.2. The molecule has 1 aromatic carbocycles. The highest BCUT2D eigenvalue weighted by Crippen LogP contribution is 2.20. The van der Waals surface area contributed by atoms with Gasteiger partial charge in [0, 0.05) is 16.6 Å². The minimum absolute atomic E-state index is 0.133. The summed E-state index contributed by atoms with van der Waals surface area (Å²) in [6.07, 6.45) is 0. The lowest BCUT2D eigenvalue weighted by Gasteiger charge is -2.33. The van der Waals surface area contributed by atoms with E-state index in [1.54, 1.807) is 18.4 Å². The van der Waals surface area contributed by atoms with Crippen LogP contribution in [0.15, 0.2) is 41.8 Å². The van der Waals surface area contributed by atoms with Crippen molar-refractivity contribution in [1.82, 2.24) is 5.32 Å². The second kappa shape index (κ2) is 8.17. The minimum atomic E-state index is 0.133. The Labute approximate surface area is 146 Å². The number of quaternary nitrogens is 1. The third-order valence-corrected chi connectivity index (χ3v) is 5.22. The Bertz CT molecular complexity index is 652. The summed E-state index contributed by atoms with van der Waals surface area (Å²) in [6.45, 7) is 5.06. The van der Waals surface area contributed by atoms with Crippen molar-refractivity contribution in [2.24, 2.45) is 0 Å². The van der Waals surface area contributed by atoms with E-state index < -0.39 is 0 Å². The number of hydrogen-bond donors (Lipinski definition) is 2. The molecule has 128 valence electrons. The van der Waals surface area contributed by atoms with Gasteiger partial charge in [-0.3, -0.25) is 4.79 Å². The maximum atomic E-state index is 12.1. The highest BCUT2D eigenvalue weighted by molar-refractivity contribution is 7.09. The predicted octanol–water partition coefficient (Wildman–Crippen LogP) is 0.778. The maximum Gasteiger partial charge on any atom is 0.275 e. The van der Waals surface area contributed by atoms with Crippen molar-refractivity contribution in [3.8, 4) is 5.75 Å². The average Bonchev–Trinajstić information content (AvgIpc) is 3.14. The second-order valence-corrected chi connectivity index (χ2v) is 7.00. The van der Waals surface area contributed by atoms with Crippen LogP contribution >= 0.6 is 11.3 Å². The summed E-state index contributed by atoms with van der Waals surface area (Å²) in [5, 5.41) is 5.04. The van der Waals surface area contributed by atoms with Crippen LogP contribution in [0.4, 0.5) is 5.69 Å². The molecule has 0 unspecified atom stereocenters. The van der Waals surface area contributed by atoms with Crippen LogP contribution in [0.3, 0.4) is 0 Å². The van der Waals surface area contributed by atoms with Crippen LogP contribution in [-0.2, 0) is 11.3 Å². The molecule has 0 atom stereocenters. The Morgan fingerprint density at radius 1 is 1.29 bits per heavy atom. The maximum absolute atomic E-state index is 12.1. The first-order valence-electron chi connectivity index (χ1n) is 8.26. The monoisotopic (exact) mass is 346 g/mol. The number of rotatable bonds is 6. The fourth-order valence-corrected chi connectivity index (χ4v) is 3.60. The van der Waals surface area contributed by atoms with Gasteiger partial charge in [0.2, 0.25) is 0 Å². The fraction of sp³-hybridized carbons (Fsp3) is 0.389. The number of nitrogens with one attached hydrogen (secondary N) is 2. The van der Waals surface area contributed by atoms with Crippen LogP contribution in [0.2, 0.25) is 0 Å². The van der Waals surface area contributed by atoms with Gasteiger partial charge in [-0.1, -0.05) is 12.1 Å². The number of amides is 1. The van der Waals surface area contributed by atoms with Gasteiger partial charge in [0.15, 0.2) is 6.54 Å². The molecule has 0 aliphatic carbocycles. The van der Waals surface area contributed by atoms with Crippen molar-refractivity contribution in [2.45, 2.75) is 6.54 Å². The number of nitrogens with zero attached hydrogens (tertiary/aromatic N) is 1. The van der Waals surface area contributed by atoms with Gasteiger partial charge < -0.3 is 19.9 Å². The van der Waals surface area contributed by atoms with Gasteiger partial charge in [-0.15, -0.1) is 11.3 Å². The normalized spacial score (nSPS) is 15.3. The van der Waals surface area contributed by atoms with Crippen LogP contribution in [0, 0.1) is 0 Å². The molecule has 1 fully saturated rings. The van der Waals surface area contributed by atoms with E-state index in [0.717, 1.165) is 31.9 Å². The molecule has 2 N–H and O–H groups in total. The SMILES string of the molecule is COc1cccc(N2CC[NH+](CC(=O)NCc3cccs3)CC2)c1. The van der Waals surface area contributed by atoms with Gasteiger partial charge >= 0.3 is 0 Å². The Kier molecular flexibility index (Phi) is 5.72. The number of anilines is 1. The van der Waals surface area contributed by atoms with Crippen molar-refractivity contribution in [3.63, 3.8) is 0 Å². The van der Waals surface area contributed by atoms with Crippen LogP contribution in [-0.4, -0.2) is 45.7 Å². The Morgan fingerprint density at radius 2 is 2.12 bits per heavy atom. The van der Waals surface area contributed by atoms with Gasteiger partial charge in [0.25, 0.3) is 5.91 Å². The lowest BCUT2D eigenvalue weighted by molar-refractivity contribution is -0.892. The third kappa shape index (κ3) is 4.49. The molecule has 3 rings (SSSR count). The molecule has 2 aromatic rings. The van der Waals surface area contributed by atoms with Crippen molar-refractivity contribution < 1.29 is 14.4 Å². The number of hydrogen-bond acceptors (Lipinski definition) is 4. The minimum Gasteiger partial charge on any atom is -0.497 e. The molecule has 0 radical (unpaired) electrons. The number of methoxy groups -OCH3 is 1. The van der Waals surface area contributed by atoms with E-state index in [2.05, 4.69) is 22.3 Å². The zero-order valence-electron chi connectivity index (χ0n) is 14.0. The molecule has 6 heteroatoms. The van der Waals surface area contributed by atoms with Gasteiger partial charge in [0.1, 0.15) is 5.75 Å². The molecule has 1 amide bonds. The summed E-state index contributed by atoms with van der Waals surface area (Å²) in [7, 11) is 1.69. The standard InChI is InChI=1S/C18H23N3O2S/c1-23-16-5-2-4-15(12-16)21-9-7-20(8-10-21)14-18(22)19-13-17-6-3-11-24-17/h2-6,11-12H,7-10,13-14H2,1H3,(H,19,22)/p+1. The fourth-order valence-electron chi connectivity index (χ4n) is 2.95. The average molecular weight is 346 g/mol. The molecular formula is C18H24N3O2S+. The van der Waals surface area contributed by atoms with Gasteiger partial charge in [-0.05, 0) is 23.6 Å². The number of ether oxygens (including phenoxy) is 1. The van der Waals surface area contributed by atoms with Crippen LogP contribution in [0.25, 0.3) is 0 Å². The van der Waals surface area contributed by atoms with Gasteiger partial charge in [0.05, 0.1) is 39.8 Å². The Morgan fingerprint density at radius 3 is 2.83 bits per heavy atom. The number of thiophene rings is 1. The number of piperazine rings is 1.